The van der Waals surface area contributed by atoms with Gasteiger partial charge in [-0.25, -0.2) is 0 Å². The van der Waals surface area contributed by atoms with Crippen LogP contribution in [0.25, 0.3) is 22.2 Å². The van der Waals surface area contributed by atoms with Crippen LogP contribution >= 0.6 is 0 Å². The first-order valence-corrected chi connectivity index (χ1v) is 9.24. The molecule has 3 N–H and O–H groups in total. The van der Waals surface area contributed by atoms with E-state index in [1.165, 1.54) is 16.5 Å². The largest absolute Gasteiger partial charge is 0.497 e. The van der Waals surface area contributed by atoms with Gasteiger partial charge in [0.2, 0.25) is 5.91 Å². The van der Waals surface area contributed by atoms with Gasteiger partial charge in [0.25, 0.3) is 0 Å². The number of rotatable bonds is 2. The molecule has 5 nitrogen and oxygen atoms in total. The molecule has 27 heavy (non-hydrogen) atoms. The standard InChI is InChI=1S/C22H21N3O2/c1-27-15-6-8-19-18(12-15)17-10-11-25-20(26)9-7-16(22(25)21(17)24-19)13-2-4-14(23)5-3-13/h2-6,8,12,24H,7,9-11,23H2,1H3. The van der Waals surface area contributed by atoms with E-state index in [0.29, 0.717) is 13.0 Å². The Balaban J connectivity index is 1.77. The number of benzene rings is 2. The molecule has 3 heterocycles. The monoisotopic (exact) mass is 359 g/mol. The summed E-state index contributed by atoms with van der Waals surface area (Å²) in [6.45, 7) is 0.712. The number of hydrogen-bond acceptors (Lipinski definition) is 3. The normalized spacial score (nSPS) is 16.5. The van der Waals surface area contributed by atoms with Crippen LogP contribution in [0, 0.1) is 0 Å². The van der Waals surface area contributed by atoms with Crippen molar-refractivity contribution in [2.75, 3.05) is 19.4 Å². The molecule has 0 fully saturated rings. The number of allylic oxidation sites excluding steroid dienone is 1. The van der Waals surface area contributed by atoms with Crippen LogP contribution in [0.2, 0.25) is 0 Å². The van der Waals surface area contributed by atoms with Crippen LogP contribution < -0.4 is 10.5 Å². The summed E-state index contributed by atoms with van der Waals surface area (Å²) in [5.41, 5.74) is 13.4. The number of amides is 1. The maximum Gasteiger partial charge on any atom is 0.227 e. The Hall–Kier alpha value is -3.21. The quantitative estimate of drug-likeness (QED) is 0.684. The van der Waals surface area contributed by atoms with E-state index in [4.69, 9.17) is 10.5 Å². The van der Waals surface area contributed by atoms with E-state index in [1.54, 1.807) is 7.11 Å². The van der Waals surface area contributed by atoms with E-state index in [1.807, 2.05) is 41.3 Å². The third-order valence-corrected chi connectivity index (χ3v) is 5.64. The highest BCUT2D eigenvalue weighted by molar-refractivity contribution is 6.04. The average molecular weight is 359 g/mol. The molecule has 136 valence electrons. The van der Waals surface area contributed by atoms with Gasteiger partial charge >= 0.3 is 0 Å². The SMILES string of the molecule is COc1ccc2[nH]c3c(c2c1)CCN1C(=O)CCC(c2ccc(N)cc2)=C31. The van der Waals surface area contributed by atoms with Crippen molar-refractivity contribution in [1.29, 1.82) is 0 Å². The van der Waals surface area contributed by atoms with Crippen molar-refractivity contribution in [2.24, 2.45) is 0 Å². The van der Waals surface area contributed by atoms with Crippen molar-refractivity contribution in [1.82, 2.24) is 9.88 Å². The molecule has 1 aromatic heterocycles. The molecule has 0 unspecified atom stereocenters. The summed E-state index contributed by atoms with van der Waals surface area (Å²) in [6, 6.07) is 14.0. The molecule has 2 aromatic carbocycles. The van der Waals surface area contributed by atoms with Gasteiger partial charge in [-0.15, -0.1) is 0 Å². The molecular weight excluding hydrogens is 338 g/mol. The third kappa shape index (κ3) is 2.42. The Morgan fingerprint density at radius 3 is 2.67 bits per heavy atom. The van der Waals surface area contributed by atoms with Crippen LogP contribution in [0.5, 0.6) is 5.75 Å². The number of fused-ring (bicyclic) bond motifs is 5. The second kappa shape index (κ2) is 5.91. The predicted octanol–water partition coefficient (Wildman–Crippen LogP) is 3.81. The highest BCUT2D eigenvalue weighted by atomic mass is 16.5. The number of ether oxygens (including phenoxy) is 1. The number of H-pyrrole nitrogens is 1. The molecule has 0 radical (unpaired) electrons. The zero-order valence-corrected chi connectivity index (χ0v) is 15.2. The fourth-order valence-electron chi connectivity index (χ4n) is 4.30. The Kier molecular flexibility index (Phi) is 3.50. The van der Waals surface area contributed by atoms with E-state index >= 15 is 0 Å². The van der Waals surface area contributed by atoms with Gasteiger partial charge in [0.15, 0.2) is 0 Å². The number of nitrogens with zero attached hydrogens (tertiary/aromatic N) is 1. The van der Waals surface area contributed by atoms with Crippen LogP contribution in [0.3, 0.4) is 0 Å². The van der Waals surface area contributed by atoms with Gasteiger partial charge in [0, 0.05) is 29.6 Å². The van der Waals surface area contributed by atoms with Gasteiger partial charge in [-0.3, -0.25) is 4.79 Å². The first-order valence-electron chi connectivity index (χ1n) is 9.24. The highest BCUT2D eigenvalue weighted by Gasteiger charge is 2.34. The van der Waals surface area contributed by atoms with Gasteiger partial charge in [0.1, 0.15) is 5.75 Å². The van der Waals surface area contributed by atoms with E-state index < -0.39 is 0 Å². The summed E-state index contributed by atoms with van der Waals surface area (Å²) in [5.74, 6) is 1.05. The minimum Gasteiger partial charge on any atom is -0.497 e. The van der Waals surface area contributed by atoms with E-state index in [2.05, 4.69) is 11.1 Å². The molecule has 5 rings (SSSR count). The topological polar surface area (TPSA) is 71.3 Å². The molecule has 1 amide bonds. The number of carbonyl (C=O) groups excluding carboxylic acids is 1. The summed E-state index contributed by atoms with van der Waals surface area (Å²) in [4.78, 5) is 18.1. The smallest absolute Gasteiger partial charge is 0.227 e. The number of nitrogens with one attached hydrogen (secondary N) is 1. The number of aromatic amines is 1. The molecule has 0 saturated heterocycles. The lowest BCUT2D eigenvalue weighted by Crippen LogP contribution is -2.37. The van der Waals surface area contributed by atoms with E-state index in [-0.39, 0.29) is 5.91 Å². The first kappa shape index (κ1) is 16.0. The van der Waals surface area contributed by atoms with Crippen molar-refractivity contribution in [3.8, 4) is 5.75 Å². The molecule has 0 saturated carbocycles. The maximum atomic E-state index is 12.6. The summed E-state index contributed by atoms with van der Waals surface area (Å²) in [5, 5.41) is 1.17. The van der Waals surface area contributed by atoms with Gasteiger partial charge in [-0.2, -0.15) is 0 Å². The molecule has 5 heteroatoms. The van der Waals surface area contributed by atoms with Gasteiger partial charge in [-0.1, -0.05) is 12.1 Å². The zero-order valence-electron chi connectivity index (χ0n) is 15.2. The Morgan fingerprint density at radius 1 is 1.07 bits per heavy atom. The summed E-state index contributed by atoms with van der Waals surface area (Å²) >= 11 is 0. The molecular formula is C22H21N3O2. The molecule has 0 atom stereocenters. The molecule has 0 bridgehead atoms. The van der Waals surface area contributed by atoms with Crippen molar-refractivity contribution in [3.63, 3.8) is 0 Å². The summed E-state index contributed by atoms with van der Waals surface area (Å²) < 4.78 is 5.41. The van der Waals surface area contributed by atoms with E-state index in [0.717, 1.165) is 46.7 Å². The fourth-order valence-corrected chi connectivity index (χ4v) is 4.30. The lowest BCUT2D eigenvalue weighted by atomic mass is 9.89. The maximum absolute atomic E-state index is 12.6. The molecule has 2 aliphatic heterocycles. The average Bonchev–Trinajstić information content (AvgIpc) is 3.07. The predicted molar refractivity (Wildman–Crippen MR) is 107 cm³/mol. The lowest BCUT2D eigenvalue weighted by molar-refractivity contribution is -0.128. The fraction of sp³-hybridized carbons (Fsp3) is 0.227. The lowest BCUT2D eigenvalue weighted by Gasteiger charge is -2.35. The van der Waals surface area contributed by atoms with Crippen LogP contribution in [-0.2, 0) is 11.2 Å². The number of nitrogens with two attached hydrogens (primary N) is 1. The zero-order chi connectivity index (χ0) is 18.5. The van der Waals surface area contributed by atoms with E-state index in [9.17, 15) is 4.79 Å². The summed E-state index contributed by atoms with van der Waals surface area (Å²) in [7, 11) is 1.68. The number of nitrogen functional groups attached to an aromatic ring is 1. The Labute approximate surface area is 157 Å². The minimum absolute atomic E-state index is 0.200. The van der Waals surface area contributed by atoms with Gasteiger partial charge in [-0.05, 0) is 59.9 Å². The third-order valence-electron chi connectivity index (χ3n) is 5.64. The van der Waals surface area contributed by atoms with Gasteiger partial charge < -0.3 is 20.4 Å². The second-order valence-electron chi connectivity index (χ2n) is 7.13. The Morgan fingerprint density at radius 2 is 1.89 bits per heavy atom. The van der Waals surface area contributed by atoms with Crippen LogP contribution in [-0.4, -0.2) is 29.4 Å². The van der Waals surface area contributed by atoms with Crippen molar-refractivity contribution in [2.45, 2.75) is 19.3 Å². The minimum atomic E-state index is 0.200. The highest BCUT2D eigenvalue weighted by Crippen LogP contribution is 2.43. The van der Waals surface area contributed by atoms with Crippen molar-refractivity contribution in [3.05, 3.63) is 59.3 Å². The van der Waals surface area contributed by atoms with Crippen LogP contribution in [0.4, 0.5) is 5.69 Å². The van der Waals surface area contributed by atoms with Crippen molar-refractivity contribution >= 4 is 33.8 Å². The Bertz CT molecular complexity index is 1090. The number of carbonyl (C=O) groups is 1. The summed E-state index contributed by atoms with van der Waals surface area (Å²) in [6.07, 6.45) is 2.13. The van der Waals surface area contributed by atoms with Crippen molar-refractivity contribution < 1.29 is 9.53 Å². The first-order chi connectivity index (χ1) is 13.2. The number of methoxy groups -OCH3 is 1. The van der Waals surface area contributed by atoms with Crippen LogP contribution in [0.1, 0.15) is 29.7 Å². The van der Waals surface area contributed by atoms with Crippen LogP contribution in [0.15, 0.2) is 42.5 Å². The number of anilines is 1. The molecule has 0 aliphatic carbocycles. The second-order valence-corrected chi connectivity index (χ2v) is 7.13. The molecule has 0 spiro atoms. The number of hydrogen-bond donors (Lipinski definition) is 2. The van der Waals surface area contributed by atoms with Gasteiger partial charge in [0.05, 0.1) is 18.5 Å². The molecule has 2 aliphatic rings. The number of aromatic nitrogens is 1. The molecule has 3 aromatic rings.